The summed E-state index contributed by atoms with van der Waals surface area (Å²) in [6.07, 6.45) is 6.35. The fraction of sp³-hybridized carbons (Fsp3) is 0.412. The van der Waals surface area contributed by atoms with E-state index in [1.54, 1.807) is 21.5 Å². The lowest BCUT2D eigenvalue weighted by Gasteiger charge is -2.09. The first-order valence-corrected chi connectivity index (χ1v) is 8.57. The standard InChI is InChI=1S/C17H24Si/c1-4-8-14-11-16(12-17(14)13(2)3)18-15-9-6-5-7-10-15/h5-7,9-10,12-13H,4,8,11,18H2,1-3H3. The average Bonchev–Trinajstić information content (AvgIpc) is 2.74. The molecule has 18 heavy (non-hydrogen) atoms. The van der Waals surface area contributed by atoms with Gasteiger partial charge < -0.3 is 0 Å². The topological polar surface area (TPSA) is 0 Å². The Balaban J connectivity index is 2.08. The van der Waals surface area contributed by atoms with Crippen LogP contribution < -0.4 is 5.19 Å². The van der Waals surface area contributed by atoms with Gasteiger partial charge in [-0.25, -0.2) is 0 Å². The summed E-state index contributed by atoms with van der Waals surface area (Å²) in [6.45, 7) is 6.95. The number of hydrogen-bond acceptors (Lipinski definition) is 0. The monoisotopic (exact) mass is 256 g/mol. The lowest BCUT2D eigenvalue weighted by Crippen LogP contribution is -2.15. The van der Waals surface area contributed by atoms with Crippen molar-refractivity contribution in [1.82, 2.24) is 0 Å². The third kappa shape index (κ3) is 3.23. The molecule has 0 radical (unpaired) electrons. The van der Waals surface area contributed by atoms with E-state index in [4.69, 9.17) is 0 Å². The van der Waals surface area contributed by atoms with Gasteiger partial charge in [-0.3, -0.25) is 0 Å². The van der Waals surface area contributed by atoms with E-state index in [9.17, 15) is 0 Å². The second-order valence-corrected chi connectivity index (χ2v) is 7.68. The van der Waals surface area contributed by atoms with E-state index >= 15 is 0 Å². The Labute approximate surface area is 114 Å². The smallest absolute Gasteiger partial charge is 0.0783 e. The first-order valence-electron chi connectivity index (χ1n) is 7.16. The maximum absolute atomic E-state index is 2.52. The second kappa shape index (κ2) is 6.19. The van der Waals surface area contributed by atoms with Gasteiger partial charge in [0, 0.05) is 0 Å². The Morgan fingerprint density at radius 1 is 1.17 bits per heavy atom. The van der Waals surface area contributed by atoms with Gasteiger partial charge >= 0.3 is 0 Å². The van der Waals surface area contributed by atoms with Crippen LogP contribution in [0, 0.1) is 5.92 Å². The summed E-state index contributed by atoms with van der Waals surface area (Å²) < 4.78 is 0. The molecular weight excluding hydrogens is 232 g/mol. The van der Waals surface area contributed by atoms with E-state index in [1.807, 2.05) is 0 Å². The van der Waals surface area contributed by atoms with Crippen molar-refractivity contribution >= 4 is 14.7 Å². The number of rotatable bonds is 5. The van der Waals surface area contributed by atoms with Crippen LogP contribution in [0.25, 0.3) is 0 Å². The predicted octanol–water partition coefficient (Wildman–Crippen LogP) is 3.52. The molecule has 0 N–H and O–H groups in total. The van der Waals surface area contributed by atoms with Gasteiger partial charge in [0.15, 0.2) is 0 Å². The normalized spacial score (nSPS) is 16.1. The zero-order valence-corrected chi connectivity index (χ0v) is 13.3. The number of benzene rings is 1. The Morgan fingerprint density at radius 3 is 2.50 bits per heavy atom. The SMILES string of the molecule is CCCC1=C(C(C)C)C=C([SiH2]c2ccccc2)C1. The highest BCUT2D eigenvalue weighted by Gasteiger charge is 2.17. The van der Waals surface area contributed by atoms with E-state index in [0.717, 1.165) is 0 Å². The van der Waals surface area contributed by atoms with Gasteiger partial charge in [0.05, 0.1) is 9.52 Å². The minimum Gasteiger partial charge on any atom is -0.0783 e. The van der Waals surface area contributed by atoms with E-state index in [1.165, 1.54) is 19.3 Å². The molecule has 0 saturated carbocycles. The number of hydrogen-bond donors (Lipinski definition) is 0. The molecule has 1 aromatic rings. The van der Waals surface area contributed by atoms with Crippen molar-refractivity contribution in [3.05, 3.63) is 52.8 Å². The maximum atomic E-state index is 2.52. The van der Waals surface area contributed by atoms with Gasteiger partial charge in [0.1, 0.15) is 0 Å². The fourth-order valence-corrected chi connectivity index (χ4v) is 4.61. The zero-order valence-electron chi connectivity index (χ0n) is 11.9. The minimum absolute atomic E-state index is 0.228. The van der Waals surface area contributed by atoms with E-state index in [-0.39, 0.29) is 9.52 Å². The molecule has 96 valence electrons. The molecule has 0 spiro atoms. The molecular formula is C17H24Si. The largest absolute Gasteiger partial charge is 0.0828 e. The van der Waals surface area contributed by atoms with Crippen molar-refractivity contribution in [2.75, 3.05) is 0 Å². The Morgan fingerprint density at radius 2 is 1.89 bits per heavy atom. The summed E-state index contributed by atoms with van der Waals surface area (Å²) in [6, 6.07) is 11.0. The third-order valence-electron chi connectivity index (χ3n) is 3.66. The maximum Gasteiger partial charge on any atom is 0.0828 e. The lowest BCUT2D eigenvalue weighted by atomic mass is 9.97. The molecule has 1 heteroatoms. The molecule has 0 aliphatic heterocycles. The summed E-state index contributed by atoms with van der Waals surface area (Å²) >= 11 is 0. The highest BCUT2D eigenvalue weighted by atomic mass is 28.2. The molecule has 0 heterocycles. The summed E-state index contributed by atoms with van der Waals surface area (Å²) in [5, 5.41) is 3.30. The highest BCUT2D eigenvalue weighted by Crippen LogP contribution is 2.32. The molecule has 2 rings (SSSR count). The van der Waals surface area contributed by atoms with E-state index in [2.05, 4.69) is 57.2 Å². The van der Waals surface area contributed by atoms with E-state index in [0.29, 0.717) is 5.92 Å². The average molecular weight is 256 g/mol. The zero-order chi connectivity index (χ0) is 13.0. The highest BCUT2D eigenvalue weighted by molar-refractivity contribution is 6.61. The second-order valence-electron chi connectivity index (χ2n) is 5.61. The molecule has 1 aromatic carbocycles. The van der Waals surface area contributed by atoms with Gasteiger partial charge in [-0.1, -0.05) is 79.6 Å². The van der Waals surface area contributed by atoms with E-state index < -0.39 is 0 Å². The van der Waals surface area contributed by atoms with Gasteiger partial charge in [-0.2, -0.15) is 0 Å². The molecule has 0 atom stereocenters. The first-order chi connectivity index (χ1) is 8.70. The summed E-state index contributed by atoms with van der Waals surface area (Å²) in [5.74, 6) is 0.689. The molecule has 0 amide bonds. The fourth-order valence-electron chi connectivity index (χ4n) is 2.83. The van der Waals surface area contributed by atoms with Crippen LogP contribution in [-0.2, 0) is 0 Å². The lowest BCUT2D eigenvalue weighted by molar-refractivity contribution is 0.761. The minimum atomic E-state index is -0.228. The van der Waals surface area contributed by atoms with Crippen molar-refractivity contribution in [2.45, 2.75) is 40.0 Å². The van der Waals surface area contributed by atoms with Crippen LogP contribution >= 0.6 is 0 Å². The third-order valence-corrected chi connectivity index (χ3v) is 5.44. The molecule has 1 aliphatic carbocycles. The number of allylic oxidation sites excluding steroid dienone is 4. The Kier molecular flexibility index (Phi) is 4.59. The van der Waals surface area contributed by atoms with Crippen molar-refractivity contribution in [1.29, 1.82) is 0 Å². The van der Waals surface area contributed by atoms with Gasteiger partial charge in [-0.05, 0) is 24.3 Å². The molecule has 1 aliphatic rings. The molecule has 0 unspecified atom stereocenters. The summed E-state index contributed by atoms with van der Waals surface area (Å²) in [7, 11) is -0.228. The van der Waals surface area contributed by atoms with Crippen LogP contribution in [-0.4, -0.2) is 9.52 Å². The summed E-state index contributed by atoms with van der Waals surface area (Å²) in [5.41, 5.74) is 3.35. The Bertz CT molecular complexity index is 452. The Hall–Kier alpha value is -1.08. The molecule has 0 aromatic heterocycles. The predicted molar refractivity (Wildman–Crippen MR) is 84.1 cm³/mol. The van der Waals surface area contributed by atoms with Crippen molar-refractivity contribution in [2.24, 2.45) is 5.92 Å². The molecule has 0 nitrogen and oxygen atoms in total. The molecule has 0 saturated heterocycles. The van der Waals surface area contributed by atoms with Crippen molar-refractivity contribution < 1.29 is 0 Å². The van der Waals surface area contributed by atoms with Crippen molar-refractivity contribution in [3.63, 3.8) is 0 Å². The van der Waals surface area contributed by atoms with Crippen LogP contribution in [0.2, 0.25) is 0 Å². The van der Waals surface area contributed by atoms with Crippen LogP contribution in [0.15, 0.2) is 52.8 Å². The van der Waals surface area contributed by atoms with Crippen molar-refractivity contribution in [3.8, 4) is 0 Å². The van der Waals surface area contributed by atoms with Crippen LogP contribution in [0.4, 0.5) is 0 Å². The van der Waals surface area contributed by atoms with Crippen LogP contribution in [0.1, 0.15) is 40.0 Å². The quantitative estimate of drug-likeness (QED) is 0.707. The summed E-state index contributed by atoms with van der Waals surface area (Å²) in [4.78, 5) is 0. The van der Waals surface area contributed by atoms with Gasteiger partial charge in [0.25, 0.3) is 0 Å². The molecule has 0 fully saturated rings. The molecule has 0 bridgehead atoms. The van der Waals surface area contributed by atoms with Gasteiger partial charge in [0.2, 0.25) is 0 Å². The van der Waals surface area contributed by atoms with Gasteiger partial charge in [-0.15, -0.1) is 0 Å². The van der Waals surface area contributed by atoms with Crippen LogP contribution in [0.3, 0.4) is 0 Å². The first kappa shape index (κ1) is 13.4. The van der Waals surface area contributed by atoms with Crippen LogP contribution in [0.5, 0.6) is 0 Å².